The summed E-state index contributed by atoms with van der Waals surface area (Å²) in [4.78, 5) is 21.1. The van der Waals surface area contributed by atoms with Gasteiger partial charge in [0.25, 0.3) is 16.0 Å². The Bertz CT molecular complexity index is 1460. The number of anilines is 2. The molecule has 0 aliphatic rings. The van der Waals surface area contributed by atoms with Gasteiger partial charge in [0.2, 0.25) is 11.9 Å². The van der Waals surface area contributed by atoms with Crippen molar-refractivity contribution >= 4 is 33.6 Å². The van der Waals surface area contributed by atoms with Gasteiger partial charge in [0.1, 0.15) is 0 Å². The minimum atomic E-state index is -3.86. The lowest BCUT2D eigenvalue weighted by molar-refractivity contribution is 0.601. The topological polar surface area (TPSA) is 148 Å². The summed E-state index contributed by atoms with van der Waals surface area (Å²) in [5.41, 5.74) is 10.7. The highest BCUT2D eigenvalue weighted by Crippen LogP contribution is 2.20. The monoisotopic (exact) mass is 488 g/mol. The van der Waals surface area contributed by atoms with Crippen molar-refractivity contribution in [2.75, 3.05) is 10.0 Å². The van der Waals surface area contributed by atoms with E-state index >= 15 is 0 Å². The fourth-order valence-electron chi connectivity index (χ4n) is 3.24. The molecule has 0 radical (unpaired) electrons. The average Bonchev–Trinajstić information content (AvgIpc) is 2.79. The average molecular weight is 489 g/mol. The van der Waals surface area contributed by atoms with Crippen LogP contribution in [-0.4, -0.2) is 34.3 Å². The number of hydrogen-bond acceptors (Lipinski definition) is 7. The van der Waals surface area contributed by atoms with Gasteiger partial charge in [0.05, 0.1) is 10.6 Å². The molecule has 4 N–H and O–H groups in total. The summed E-state index contributed by atoms with van der Waals surface area (Å²) in [5, 5.41) is 2.91. The van der Waals surface area contributed by atoms with Crippen LogP contribution in [0, 0.1) is 20.8 Å². The third-order valence-corrected chi connectivity index (χ3v) is 6.20. The maximum Gasteiger partial charge on any atom is 0.264 e. The Morgan fingerprint density at radius 1 is 0.886 bits per heavy atom. The van der Waals surface area contributed by atoms with Gasteiger partial charge in [-0.15, -0.1) is 0 Å². The molecule has 0 saturated heterocycles. The minimum absolute atomic E-state index is 0.0222. The molecule has 11 heteroatoms. The first-order chi connectivity index (χ1) is 16.7. The van der Waals surface area contributed by atoms with E-state index in [1.54, 1.807) is 44.3 Å². The first kappa shape index (κ1) is 23.8. The number of aliphatic imine (C=N–C) groups is 1. The molecule has 2 heterocycles. The van der Waals surface area contributed by atoms with Crippen LogP contribution in [0.15, 0.2) is 76.7 Å². The summed E-state index contributed by atoms with van der Waals surface area (Å²) in [6.45, 7) is 5.55. The highest BCUT2D eigenvalue weighted by atomic mass is 32.2. The summed E-state index contributed by atoms with van der Waals surface area (Å²) in [6.07, 6.45) is 1.61. The Kier molecular flexibility index (Phi) is 6.69. The Balaban J connectivity index is 1.46. The second kappa shape index (κ2) is 9.85. The maximum absolute atomic E-state index is 12.7. The van der Waals surface area contributed by atoms with Crippen molar-refractivity contribution < 1.29 is 8.42 Å². The molecule has 0 bridgehead atoms. The van der Waals surface area contributed by atoms with Crippen molar-refractivity contribution in [2.45, 2.75) is 25.7 Å². The van der Waals surface area contributed by atoms with Gasteiger partial charge in [0.15, 0.2) is 0 Å². The molecule has 0 atom stereocenters. The number of nitrogens with two attached hydrogens (primary N) is 1. The normalized spacial score (nSPS) is 11.8. The van der Waals surface area contributed by atoms with Crippen molar-refractivity contribution in [1.82, 2.24) is 19.9 Å². The Morgan fingerprint density at radius 2 is 1.54 bits per heavy atom. The predicted molar refractivity (Wildman–Crippen MR) is 136 cm³/mol. The zero-order chi connectivity index (χ0) is 25.0. The molecular weight excluding hydrogens is 464 g/mol. The largest absolute Gasteiger partial charge is 0.369 e. The number of guanidine groups is 1. The summed E-state index contributed by atoms with van der Waals surface area (Å²) in [7, 11) is -3.86. The first-order valence-electron chi connectivity index (χ1n) is 10.6. The third kappa shape index (κ3) is 6.15. The summed E-state index contributed by atoms with van der Waals surface area (Å²) < 4.78 is 27.8. The van der Waals surface area contributed by atoms with E-state index < -0.39 is 10.0 Å². The highest BCUT2D eigenvalue weighted by molar-refractivity contribution is 7.92. The molecule has 178 valence electrons. The van der Waals surface area contributed by atoms with Crippen LogP contribution < -0.4 is 15.8 Å². The van der Waals surface area contributed by atoms with Gasteiger partial charge in [-0.3, -0.25) is 0 Å². The zero-order valence-corrected chi connectivity index (χ0v) is 20.2. The van der Waals surface area contributed by atoms with Crippen LogP contribution in [-0.2, 0) is 10.0 Å². The standard InChI is InChI=1S/C24H24N8O2S/c1-15-4-6-18(7-5-15)21-12-13-26-23(30-21)31-22(25)29-19-8-10-20(11-9-19)35(33,34)32-24-27-16(2)14-17(3)28-24/h4-14H,1-3H3,(H,27,28,32)(H3,25,26,29,30,31). The van der Waals surface area contributed by atoms with Crippen LogP contribution in [0.1, 0.15) is 17.0 Å². The van der Waals surface area contributed by atoms with Crippen molar-refractivity contribution in [3.63, 3.8) is 0 Å². The fourth-order valence-corrected chi connectivity index (χ4v) is 4.18. The van der Waals surface area contributed by atoms with E-state index in [1.807, 2.05) is 31.2 Å². The molecule has 0 spiro atoms. The van der Waals surface area contributed by atoms with Gasteiger partial charge in [-0.25, -0.2) is 33.1 Å². The van der Waals surface area contributed by atoms with Crippen molar-refractivity contribution in [2.24, 2.45) is 10.7 Å². The number of aromatic nitrogens is 4. The van der Waals surface area contributed by atoms with E-state index in [1.165, 1.54) is 12.1 Å². The van der Waals surface area contributed by atoms with E-state index in [9.17, 15) is 8.42 Å². The minimum Gasteiger partial charge on any atom is -0.369 e. The first-order valence-corrected chi connectivity index (χ1v) is 12.1. The zero-order valence-electron chi connectivity index (χ0n) is 19.4. The fraction of sp³-hybridized carbons (Fsp3) is 0.125. The lowest BCUT2D eigenvalue weighted by Gasteiger charge is -2.09. The van der Waals surface area contributed by atoms with E-state index in [0.717, 1.165) is 16.8 Å². The van der Waals surface area contributed by atoms with Crippen LogP contribution in [0.5, 0.6) is 0 Å². The molecule has 35 heavy (non-hydrogen) atoms. The molecule has 0 fully saturated rings. The van der Waals surface area contributed by atoms with Gasteiger partial charge >= 0.3 is 0 Å². The molecule has 0 unspecified atom stereocenters. The molecule has 4 rings (SSSR count). The van der Waals surface area contributed by atoms with Gasteiger partial charge in [0, 0.05) is 28.8 Å². The van der Waals surface area contributed by atoms with Gasteiger partial charge in [-0.2, -0.15) is 4.99 Å². The van der Waals surface area contributed by atoms with Crippen LogP contribution >= 0.6 is 0 Å². The van der Waals surface area contributed by atoms with E-state index in [4.69, 9.17) is 5.73 Å². The lowest BCUT2D eigenvalue weighted by atomic mass is 10.1. The van der Waals surface area contributed by atoms with Crippen LogP contribution in [0.25, 0.3) is 11.3 Å². The molecular formula is C24H24N8O2S. The van der Waals surface area contributed by atoms with Gasteiger partial charge in [-0.1, -0.05) is 29.8 Å². The molecule has 4 aromatic rings. The van der Waals surface area contributed by atoms with Gasteiger partial charge < -0.3 is 11.1 Å². The molecule has 2 aromatic carbocycles. The maximum atomic E-state index is 12.7. The van der Waals surface area contributed by atoms with Crippen molar-refractivity contribution in [3.8, 4) is 11.3 Å². The Labute approximate surface area is 203 Å². The van der Waals surface area contributed by atoms with Crippen molar-refractivity contribution in [3.05, 3.63) is 83.8 Å². The lowest BCUT2D eigenvalue weighted by Crippen LogP contribution is -2.22. The smallest absolute Gasteiger partial charge is 0.264 e. The highest BCUT2D eigenvalue weighted by Gasteiger charge is 2.16. The summed E-state index contributed by atoms with van der Waals surface area (Å²) in [6, 6.07) is 17.5. The van der Waals surface area contributed by atoms with Crippen LogP contribution in [0.2, 0.25) is 0 Å². The van der Waals surface area contributed by atoms with Crippen LogP contribution in [0.4, 0.5) is 17.6 Å². The molecule has 0 saturated carbocycles. The molecule has 0 aliphatic carbocycles. The second-order valence-corrected chi connectivity index (χ2v) is 9.52. The second-order valence-electron chi connectivity index (χ2n) is 7.83. The number of nitrogens with zero attached hydrogens (tertiary/aromatic N) is 5. The summed E-state index contributed by atoms with van der Waals surface area (Å²) >= 11 is 0. The van der Waals surface area contributed by atoms with Gasteiger partial charge in [-0.05, 0) is 57.2 Å². The number of benzene rings is 2. The van der Waals surface area contributed by atoms with Crippen LogP contribution in [0.3, 0.4) is 0 Å². The predicted octanol–water partition coefficient (Wildman–Crippen LogP) is 3.72. The number of nitrogens with one attached hydrogen (secondary N) is 2. The van der Waals surface area contributed by atoms with E-state index in [-0.39, 0.29) is 22.8 Å². The number of aryl methyl sites for hydroxylation is 3. The molecule has 10 nitrogen and oxygen atoms in total. The van der Waals surface area contributed by atoms with E-state index in [0.29, 0.717) is 17.1 Å². The molecule has 0 aliphatic heterocycles. The van der Waals surface area contributed by atoms with E-state index in [2.05, 4.69) is 35.0 Å². The summed E-state index contributed by atoms with van der Waals surface area (Å²) in [5.74, 6) is 0.280. The third-order valence-electron chi connectivity index (χ3n) is 4.86. The Morgan fingerprint density at radius 3 is 2.20 bits per heavy atom. The SMILES string of the molecule is Cc1ccc(-c2ccnc(/N=C(\N)Nc3ccc(S(=O)(=O)Nc4nc(C)cc(C)n4)cc3)n2)cc1. The number of hydrogen-bond donors (Lipinski definition) is 3. The quantitative estimate of drug-likeness (QED) is 0.275. The molecule has 0 amide bonds. The number of sulfonamides is 1. The Hall–Kier alpha value is -4.38. The number of rotatable bonds is 6. The molecule has 2 aromatic heterocycles. The van der Waals surface area contributed by atoms with Crippen molar-refractivity contribution in [1.29, 1.82) is 0 Å².